The van der Waals surface area contributed by atoms with Gasteiger partial charge in [0.2, 0.25) is 5.91 Å². The summed E-state index contributed by atoms with van der Waals surface area (Å²) in [4.78, 5) is 10.4. The van der Waals surface area contributed by atoms with Crippen LogP contribution in [0.4, 0.5) is 0 Å². The molecule has 0 aromatic carbocycles. The minimum absolute atomic E-state index is 0.193. The molecule has 90 valence electrons. The highest BCUT2D eigenvalue weighted by Gasteiger charge is 2.03. The maximum absolute atomic E-state index is 10.4. The van der Waals surface area contributed by atoms with Gasteiger partial charge in [0.05, 0.1) is 0 Å². The summed E-state index contributed by atoms with van der Waals surface area (Å²) in [5.41, 5.74) is 5.04. The topological polar surface area (TPSA) is 63.3 Å². The molecule has 0 aromatic heterocycles. The number of primary amides is 1. The van der Waals surface area contributed by atoms with Gasteiger partial charge in [0.1, 0.15) is 0 Å². The second-order valence-corrected chi connectivity index (χ2v) is 4.23. The number of aliphatic hydroxyl groups is 1. The number of aliphatic hydroxyl groups excluding tert-OH is 1. The minimum atomic E-state index is -0.193. The fraction of sp³-hybridized carbons (Fsp3) is 0.917. The SMILES string of the molecule is CCC(CO)CCCCCCCC(N)=O. The lowest BCUT2D eigenvalue weighted by atomic mass is 9.99. The average molecular weight is 215 g/mol. The van der Waals surface area contributed by atoms with E-state index >= 15 is 0 Å². The van der Waals surface area contributed by atoms with E-state index in [1.807, 2.05) is 0 Å². The van der Waals surface area contributed by atoms with Gasteiger partial charge in [-0.25, -0.2) is 0 Å². The third kappa shape index (κ3) is 9.73. The van der Waals surface area contributed by atoms with E-state index in [0.29, 0.717) is 18.9 Å². The molecule has 0 rings (SSSR count). The van der Waals surface area contributed by atoms with Crippen LogP contribution < -0.4 is 5.73 Å². The number of carbonyl (C=O) groups excluding carboxylic acids is 1. The Labute approximate surface area is 93.0 Å². The molecule has 0 saturated carbocycles. The molecular weight excluding hydrogens is 190 g/mol. The van der Waals surface area contributed by atoms with E-state index in [4.69, 9.17) is 10.8 Å². The molecule has 0 aliphatic rings. The van der Waals surface area contributed by atoms with E-state index in [1.165, 1.54) is 19.3 Å². The molecule has 0 aliphatic carbocycles. The normalized spacial score (nSPS) is 12.7. The van der Waals surface area contributed by atoms with Crippen molar-refractivity contribution in [2.75, 3.05) is 6.61 Å². The van der Waals surface area contributed by atoms with Crippen molar-refractivity contribution in [1.29, 1.82) is 0 Å². The smallest absolute Gasteiger partial charge is 0.217 e. The van der Waals surface area contributed by atoms with Crippen LogP contribution in [0.3, 0.4) is 0 Å². The predicted octanol–water partition coefficient (Wildman–Crippen LogP) is 2.22. The first-order valence-electron chi connectivity index (χ1n) is 6.09. The summed E-state index contributed by atoms with van der Waals surface area (Å²) in [6.45, 7) is 2.44. The molecule has 0 spiro atoms. The van der Waals surface area contributed by atoms with Crippen LogP contribution in [0.25, 0.3) is 0 Å². The Morgan fingerprint density at radius 2 is 1.80 bits per heavy atom. The second kappa shape index (κ2) is 9.97. The Bertz CT molecular complexity index is 156. The van der Waals surface area contributed by atoms with Crippen LogP contribution in [-0.4, -0.2) is 17.6 Å². The van der Waals surface area contributed by atoms with Gasteiger partial charge in [0.25, 0.3) is 0 Å². The highest BCUT2D eigenvalue weighted by molar-refractivity contribution is 5.73. The van der Waals surface area contributed by atoms with E-state index in [0.717, 1.165) is 25.7 Å². The van der Waals surface area contributed by atoms with Gasteiger partial charge >= 0.3 is 0 Å². The largest absolute Gasteiger partial charge is 0.396 e. The molecule has 0 fully saturated rings. The molecule has 3 heteroatoms. The number of nitrogens with two attached hydrogens (primary N) is 1. The van der Waals surface area contributed by atoms with E-state index < -0.39 is 0 Å². The van der Waals surface area contributed by atoms with E-state index in [1.54, 1.807) is 0 Å². The number of hydrogen-bond donors (Lipinski definition) is 2. The van der Waals surface area contributed by atoms with Crippen LogP contribution >= 0.6 is 0 Å². The molecular formula is C12H25NO2. The van der Waals surface area contributed by atoms with Crippen LogP contribution in [-0.2, 0) is 4.79 Å². The van der Waals surface area contributed by atoms with Crippen LogP contribution in [0, 0.1) is 5.92 Å². The Morgan fingerprint density at radius 1 is 1.20 bits per heavy atom. The molecule has 3 N–H and O–H groups in total. The summed E-state index contributed by atoms with van der Waals surface area (Å²) in [5.74, 6) is 0.289. The van der Waals surface area contributed by atoms with Crippen LogP contribution in [0.1, 0.15) is 58.3 Å². The lowest BCUT2D eigenvalue weighted by Crippen LogP contribution is -2.09. The Kier molecular flexibility index (Phi) is 9.59. The summed E-state index contributed by atoms with van der Waals surface area (Å²) in [5, 5.41) is 8.98. The summed E-state index contributed by atoms with van der Waals surface area (Å²) in [7, 11) is 0. The molecule has 1 unspecified atom stereocenters. The van der Waals surface area contributed by atoms with Crippen LogP contribution in [0.15, 0.2) is 0 Å². The second-order valence-electron chi connectivity index (χ2n) is 4.23. The highest BCUT2D eigenvalue weighted by atomic mass is 16.3. The number of unbranched alkanes of at least 4 members (excludes halogenated alkanes) is 4. The zero-order valence-corrected chi connectivity index (χ0v) is 9.87. The van der Waals surface area contributed by atoms with Gasteiger partial charge < -0.3 is 10.8 Å². The van der Waals surface area contributed by atoms with Gasteiger partial charge in [0, 0.05) is 13.0 Å². The zero-order valence-electron chi connectivity index (χ0n) is 9.87. The van der Waals surface area contributed by atoms with Crippen molar-refractivity contribution in [2.24, 2.45) is 11.7 Å². The maximum Gasteiger partial charge on any atom is 0.217 e. The number of amides is 1. The average Bonchev–Trinajstić information content (AvgIpc) is 2.22. The van der Waals surface area contributed by atoms with E-state index in [9.17, 15) is 4.79 Å². The molecule has 0 heterocycles. The zero-order chi connectivity index (χ0) is 11.5. The van der Waals surface area contributed by atoms with Crippen molar-refractivity contribution in [1.82, 2.24) is 0 Å². The van der Waals surface area contributed by atoms with Gasteiger partial charge in [-0.1, -0.05) is 39.0 Å². The molecule has 0 aliphatic heterocycles. The van der Waals surface area contributed by atoms with E-state index in [2.05, 4.69) is 6.92 Å². The summed E-state index contributed by atoms with van der Waals surface area (Å²) in [6, 6.07) is 0. The Hall–Kier alpha value is -0.570. The fourth-order valence-electron chi connectivity index (χ4n) is 1.69. The first kappa shape index (κ1) is 14.4. The molecule has 15 heavy (non-hydrogen) atoms. The maximum atomic E-state index is 10.4. The lowest BCUT2D eigenvalue weighted by molar-refractivity contribution is -0.118. The number of hydrogen-bond acceptors (Lipinski definition) is 2. The van der Waals surface area contributed by atoms with Crippen molar-refractivity contribution in [3.05, 3.63) is 0 Å². The van der Waals surface area contributed by atoms with Crippen molar-refractivity contribution in [2.45, 2.75) is 58.3 Å². The molecule has 0 radical (unpaired) electrons. The monoisotopic (exact) mass is 215 g/mol. The summed E-state index contributed by atoms with van der Waals surface area (Å²) >= 11 is 0. The number of rotatable bonds is 10. The van der Waals surface area contributed by atoms with Gasteiger partial charge in [-0.15, -0.1) is 0 Å². The lowest BCUT2D eigenvalue weighted by Gasteiger charge is -2.10. The molecule has 0 aromatic rings. The fourth-order valence-corrected chi connectivity index (χ4v) is 1.69. The predicted molar refractivity (Wildman–Crippen MR) is 62.4 cm³/mol. The molecule has 3 nitrogen and oxygen atoms in total. The first-order valence-corrected chi connectivity index (χ1v) is 6.09. The highest BCUT2D eigenvalue weighted by Crippen LogP contribution is 2.14. The van der Waals surface area contributed by atoms with Gasteiger partial charge in [-0.2, -0.15) is 0 Å². The van der Waals surface area contributed by atoms with Crippen LogP contribution in [0.2, 0.25) is 0 Å². The number of carbonyl (C=O) groups is 1. The summed E-state index contributed by atoms with van der Waals surface area (Å²) < 4.78 is 0. The van der Waals surface area contributed by atoms with Crippen LogP contribution in [0.5, 0.6) is 0 Å². The summed E-state index contributed by atoms with van der Waals surface area (Å²) in [6.07, 6.45) is 8.31. The van der Waals surface area contributed by atoms with Gasteiger partial charge in [-0.3, -0.25) is 4.79 Å². The van der Waals surface area contributed by atoms with Crippen molar-refractivity contribution >= 4 is 5.91 Å². The molecule has 1 amide bonds. The Morgan fingerprint density at radius 3 is 2.33 bits per heavy atom. The van der Waals surface area contributed by atoms with Crippen molar-refractivity contribution in [3.8, 4) is 0 Å². The van der Waals surface area contributed by atoms with Crippen molar-refractivity contribution < 1.29 is 9.90 Å². The molecule has 0 saturated heterocycles. The Balaban J connectivity index is 3.14. The molecule has 0 bridgehead atoms. The first-order chi connectivity index (χ1) is 7.20. The van der Waals surface area contributed by atoms with E-state index in [-0.39, 0.29) is 5.91 Å². The third-order valence-corrected chi connectivity index (χ3v) is 2.87. The molecule has 1 atom stereocenters. The van der Waals surface area contributed by atoms with Crippen molar-refractivity contribution in [3.63, 3.8) is 0 Å². The standard InChI is InChI=1S/C12H25NO2/c1-2-11(10-14)8-6-4-3-5-7-9-12(13)15/h11,14H,2-10H2,1H3,(H2,13,15). The van der Waals surface area contributed by atoms with Gasteiger partial charge in [0.15, 0.2) is 0 Å². The third-order valence-electron chi connectivity index (χ3n) is 2.87. The quantitative estimate of drug-likeness (QED) is 0.549. The van der Waals surface area contributed by atoms with Gasteiger partial charge in [-0.05, 0) is 18.8 Å². The minimum Gasteiger partial charge on any atom is -0.396 e.